The molecule has 5 nitrogen and oxygen atoms in total. The van der Waals surface area contributed by atoms with Crippen LogP contribution in [-0.2, 0) is 9.59 Å². The van der Waals surface area contributed by atoms with Crippen LogP contribution in [-0.4, -0.2) is 47.6 Å². The molecule has 4 unspecified atom stereocenters. The van der Waals surface area contributed by atoms with Crippen LogP contribution in [0.3, 0.4) is 0 Å². The minimum Gasteiger partial charge on any atom is -0.480 e. The van der Waals surface area contributed by atoms with E-state index in [2.05, 4.69) is 5.32 Å². The Morgan fingerprint density at radius 3 is 2.83 bits per heavy atom. The molecule has 4 atom stereocenters. The van der Waals surface area contributed by atoms with Crippen LogP contribution < -0.4 is 5.32 Å². The Kier molecular flexibility index (Phi) is 3.01. The Labute approximate surface area is 107 Å². The molecule has 3 fully saturated rings. The van der Waals surface area contributed by atoms with Crippen molar-refractivity contribution < 1.29 is 14.7 Å². The van der Waals surface area contributed by atoms with Crippen molar-refractivity contribution in [2.24, 2.45) is 17.8 Å². The van der Waals surface area contributed by atoms with E-state index >= 15 is 0 Å². The number of nitrogens with zero attached hydrogens (tertiary/aromatic N) is 1. The molecule has 0 aromatic heterocycles. The number of carboxylic acid groups (broad SMARTS) is 1. The molecule has 100 valence electrons. The van der Waals surface area contributed by atoms with E-state index in [1.165, 1.54) is 25.7 Å². The summed E-state index contributed by atoms with van der Waals surface area (Å²) in [4.78, 5) is 24.5. The predicted molar refractivity (Wildman–Crippen MR) is 64.9 cm³/mol. The second kappa shape index (κ2) is 4.53. The van der Waals surface area contributed by atoms with Crippen molar-refractivity contribution in [2.45, 2.75) is 31.7 Å². The Balaban J connectivity index is 1.65. The van der Waals surface area contributed by atoms with Gasteiger partial charge >= 0.3 is 5.97 Å². The van der Waals surface area contributed by atoms with Crippen molar-refractivity contribution in [1.82, 2.24) is 10.2 Å². The predicted octanol–water partition coefficient (Wildman–Crippen LogP) is 0.308. The van der Waals surface area contributed by atoms with E-state index in [4.69, 9.17) is 0 Å². The zero-order valence-corrected chi connectivity index (χ0v) is 10.5. The summed E-state index contributed by atoms with van der Waals surface area (Å²) in [5.74, 6) is 1.38. The normalized spacial score (nSPS) is 39.9. The SMILES string of the molecule is O=C1CN(CC2CC3CCC2C3)C(C(=O)O)CN1. The fourth-order valence-corrected chi connectivity index (χ4v) is 4.03. The van der Waals surface area contributed by atoms with Crippen molar-refractivity contribution in [3.05, 3.63) is 0 Å². The molecular formula is C13H20N2O3. The summed E-state index contributed by atoms with van der Waals surface area (Å²) in [5.41, 5.74) is 0. The maximum atomic E-state index is 11.4. The first-order valence-electron chi connectivity index (χ1n) is 6.87. The molecule has 0 aromatic rings. The van der Waals surface area contributed by atoms with Gasteiger partial charge in [0, 0.05) is 13.1 Å². The first-order chi connectivity index (χ1) is 8.63. The molecule has 2 N–H and O–H groups in total. The molecular weight excluding hydrogens is 232 g/mol. The molecule has 3 rings (SSSR count). The highest BCUT2D eigenvalue weighted by Gasteiger charge is 2.42. The largest absolute Gasteiger partial charge is 0.480 e. The van der Waals surface area contributed by atoms with Crippen LogP contribution in [0.1, 0.15) is 25.7 Å². The fourth-order valence-electron chi connectivity index (χ4n) is 4.03. The number of fused-ring (bicyclic) bond motifs is 2. The highest BCUT2D eigenvalue weighted by Crippen LogP contribution is 2.48. The van der Waals surface area contributed by atoms with Gasteiger partial charge in [-0.3, -0.25) is 14.5 Å². The summed E-state index contributed by atoms with van der Waals surface area (Å²) in [5, 5.41) is 11.8. The lowest BCUT2D eigenvalue weighted by molar-refractivity contribution is -0.146. The number of carbonyl (C=O) groups excluding carboxylic acids is 1. The topological polar surface area (TPSA) is 69.6 Å². The average Bonchev–Trinajstić information content (AvgIpc) is 2.90. The Morgan fingerprint density at radius 1 is 1.39 bits per heavy atom. The monoisotopic (exact) mass is 252 g/mol. The molecule has 18 heavy (non-hydrogen) atoms. The van der Waals surface area contributed by atoms with E-state index in [1.54, 1.807) is 0 Å². The van der Waals surface area contributed by atoms with Gasteiger partial charge in [0.25, 0.3) is 0 Å². The third-order valence-electron chi connectivity index (χ3n) is 4.92. The van der Waals surface area contributed by atoms with Crippen LogP contribution in [0, 0.1) is 17.8 Å². The number of carboxylic acids is 1. The molecule has 2 aliphatic carbocycles. The van der Waals surface area contributed by atoms with Crippen molar-refractivity contribution in [3.63, 3.8) is 0 Å². The summed E-state index contributed by atoms with van der Waals surface area (Å²) in [6, 6.07) is -0.540. The maximum absolute atomic E-state index is 11.4. The number of piperazine rings is 1. The summed E-state index contributed by atoms with van der Waals surface area (Å²) >= 11 is 0. The third kappa shape index (κ3) is 2.11. The second-order valence-electron chi connectivity index (χ2n) is 6.02. The van der Waals surface area contributed by atoms with E-state index < -0.39 is 12.0 Å². The standard InChI is InChI=1S/C13H20N2O3/c16-12-7-15(11(5-14-12)13(17)18)6-10-4-8-1-2-9(10)3-8/h8-11H,1-7H2,(H,14,16)(H,17,18). The van der Waals surface area contributed by atoms with E-state index in [0.29, 0.717) is 5.92 Å². The van der Waals surface area contributed by atoms with Gasteiger partial charge in [-0.1, -0.05) is 6.42 Å². The quantitative estimate of drug-likeness (QED) is 0.758. The lowest BCUT2D eigenvalue weighted by Gasteiger charge is -2.36. The summed E-state index contributed by atoms with van der Waals surface area (Å²) in [7, 11) is 0. The van der Waals surface area contributed by atoms with Gasteiger partial charge in [-0.15, -0.1) is 0 Å². The molecule has 5 heteroatoms. The van der Waals surface area contributed by atoms with Crippen LogP contribution in [0.15, 0.2) is 0 Å². The van der Waals surface area contributed by atoms with Crippen LogP contribution in [0.4, 0.5) is 0 Å². The minimum absolute atomic E-state index is 0.0457. The first-order valence-corrected chi connectivity index (χ1v) is 6.87. The Hall–Kier alpha value is -1.10. The van der Waals surface area contributed by atoms with Gasteiger partial charge in [0.15, 0.2) is 0 Å². The molecule has 2 saturated carbocycles. The number of rotatable bonds is 3. The molecule has 0 spiro atoms. The Morgan fingerprint density at radius 2 is 2.22 bits per heavy atom. The van der Waals surface area contributed by atoms with Crippen LogP contribution in [0.25, 0.3) is 0 Å². The van der Waals surface area contributed by atoms with Crippen molar-refractivity contribution in [1.29, 1.82) is 0 Å². The molecule has 1 aliphatic heterocycles. The van der Waals surface area contributed by atoms with Crippen molar-refractivity contribution in [2.75, 3.05) is 19.6 Å². The van der Waals surface area contributed by atoms with Crippen LogP contribution in [0.2, 0.25) is 0 Å². The molecule has 0 aromatic carbocycles. The molecule has 3 aliphatic rings. The summed E-state index contributed by atoms with van der Waals surface area (Å²) in [6.45, 7) is 1.27. The van der Waals surface area contributed by atoms with Gasteiger partial charge in [-0.2, -0.15) is 0 Å². The van der Waals surface area contributed by atoms with Gasteiger partial charge in [0.05, 0.1) is 6.54 Å². The molecule has 1 saturated heterocycles. The number of nitrogens with one attached hydrogen (secondary N) is 1. The van der Waals surface area contributed by atoms with Gasteiger partial charge < -0.3 is 10.4 Å². The molecule has 1 amide bonds. The number of aliphatic carboxylic acids is 1. The lowest BCUT2D eigenvalue weighted by Crippen LogP contribution is -2.58. The molecule has 0 radical (unpaired) electrons. The van der Waals surface area contributed by atoms with Crippen LogP contribution in [0.5, 0.6) is 0 Å². The van der Waals surface area contributed by atoms with E-state index in [0.717, 1.165) is 18.4 Å². The smallest absolute Gasteiger partial charge is 0.322 e. The molecule has 2 bridgehead atoms. The van der Waals surface area contributed by atoms with Gasteiger partial charge in [-0.05, 0) is 37.0 Å². The molecule has 1 heterocycles. The third-order valence-corrected chi connectivity index (χ3v) is 4.92. The number of amides is 1. The van der Waals surface area contributed by atoms with Gasteiger partial charge in [0.1, 0.15) is 6.04 Å². The van der Waals surface area contributed by atoms with E-state index in [1.807, 2.05) is 4.90 Å². The second-order valence-corrected chi connectivity index (χ2v) is 6.02. The van der Waals surface area contributed by atoms with E-state index in [9.17, 15) is 14.7 Å². The number of hydrogen-bond acceptors (Lipinski definition) is 3. The van der Waals surface area contributed by atoms with Crippen molar-refractivity contribution >= 4 is 11.9 Å². The summed E-state index contributed by atoms with van der Waals surface area (Å²) in [6.07, 6.45) is 5.20. The lowest BCUT2D eigenvalue weighted by atomic mass is 9.88. The fraction of sp³-hybridized carbons (Fsp3) is 0.846. The number of hydrogen-bond donors (Lipinski definition) is 2. The van der Waals surface area contributed by atoms with Gasteiger partial charge in [-0.25, -0.2) is 0 Å². The maximum Gasteiger partial charge on any atom is 0.322 e. The zero-order valence-electron chi connectivity index (χ0n) is 10.5. The highest BCUT2D eigenvalue weighted by molar-refractivity contribution is 5.83. The average molecular weight is 252 g/mol. The Bertz CT molecular complexity index is 371. The minimum atomic E-state index is -0.821. The first kappa shape index (κ1) is 12.0. The summed E-state index contributed by atoms with van der Waals surface area (Å²) < 4.78 is 0. The highest BCUT2D eigenvalue weighted by atomic mass is 16.4. The van der Waals surface area contributed by atoms with Gasteiger partial charge in [0.2, 0.25) is 5.91 Å². The van der Waals surface area contributed by atoms with Crippen molar-refractivity contribution in [3.8, 4) is 0 Å². The zero-order chi connectivity index (χ0) is 12.7. The van der Waals surface area contributed by atoms with E-state index in [-0.39, 0.29) is 19.0 Å². The number of carbonyl (C=O) groups is 2. The van der Waals surface area contributed by atoms with Crippen LogP contribution >= 0.6 is 0 Å².